The highest BCUT2D eigenvalue weighted by Gasteiger charge is 2.54. The number of carbonyl (C=O) groups excluding carboxylic acids is 1. The van der Waals surface area contributed by atoms with E-state index in [0.29, 0.717) is 18.4 Å². The lowest BCUT2D eigenvalue weighted by Crippen LogP contribution is -2.58. The van der Waals surface area contributed by atoms with E-state index in [0.717, 1.165) is 0 Å². The van der Waals surface area contributed by atoms with E-state index in [1.807, 2.05) is 13.8 Å². The Hall–Kier alpha value is -1.52. The number of aliphatic carboxylic acids is 1. The molecule has 9 nitrogen and oxygen atoms in total. The number of hydrogen-bond acceptors (Lipinski definition) is 8. The molecule has 6 N–H and O–H groups in total. The molecule has 0 spiro atoms. The van der Waals surface area contributed by atoms with Gasteiger partial charge in [-0.15, -0.1) is 0 Å². The molecule has 2 aliphatic carbocycles. The first kappa shape index (κ1) is 28.7. The molecule has 0 heterocycles. The van der Waals surface area contributed by atoms with Crippen LogP contribution in [-0.2, 0) is 14.3 Å². The predicted octanol–water partition coefficient (Wildman–Crippen LogP) is 1.39. The first-order chi connectivity index (χ1) is 15.6. The van der Waals surface area contributed by atoms with Gasteiger partial charge in [0.05, 0.1) is 35.7 Å². The van der Waals surface area contributed by atoms with E-state index in [1.54, 1.807) is 19.9 Å². The van der Waals surface area contributed by atoms with Crippen LogP contribution in [0.1, 0.15) is 73.1 Å². The molecule has 196 valence electrons. The van der Waals surface area contributed by atoms with Gasteiger partial charge >= 0.3 is 11.9 Å². The molecule has 1 fully saturated rings. The lowest BCUT2D eigenvalue weighted by Gasteiger charge is -2.51. The molecule has 1 unspecified atom stereocenters. The maximum Gasteiger partial charge on any atom is 0.311 e. The zero-order chi connectivity index (χ0) is 26.0. The summed E-state index contributed by atoms with van der Waals surface area (Å²) in [6.45, 7) is 8.78. The molecule has 0 bridgehead atoms. The van der Waals surface area contributed by atoms with Crippen molar-refractivity contribution in [1.82, 2.24) is 0 Å². The SMILES string of the molecule is CCC(C)(C)C(=O)O[C@H]1C[C@](C)(O)[C@H](O)C2=CC(O)[C@H](C)[C@H](CC[C@@H](O)C[C@@H](O)CC(=O)O)[C@H]21. The third kappa shape index (κ3) is 6.57. The number of hydrogen-bond donors (Lipinski definition) is 6. The second-order valence-corrected chi connectivity index (χ2v) is 11.1. The van der Waals surface area contributed by atoms with Crippen LogP contribution >= 0.6 is 0 Å². The average Bonchev–Trinajstić information content (AvgIpc) is 2.71. The monoisotopic (exact) mass is 486 g/mol. The normalized spacial score (nSPS) is 35.6. The van der Waals surface area contributed by atoms with E-state index in [1.165, 1.54) is 6.92 Å². The van der Waals surface area contributed by atoms with E-state index in [4.69, 9.17) is 9.84 Å². The number of carbonyl (C=O) groups is 2. The molecule has 2 aliphatic rings. The van der Waals surface area contributed by atoms with Crippen LogP contribution in [0.2, 0.25) is 0 Å². The Kier molecular flexibility index (Phi) is 9.32. The Bertz CT molecular complexity index is 759. The fourth-order valence-electron chi connectivity index (χ4n) is 5.16. The van der Waals surface area contributed by atoms with Crippen molar-refractivity contribution in [2.24, 2.45) is 23.2 Å². The maximum atomic E-state index is 12.9. The summed E-state index contributed by atoms with van der Waals surface area (Å²) in [5.74, 6) is -2.57. The third-order valence-electron chi connectivity index (χ3n) is 7.83. The molecule has 0 saturated heterocycles. The van der Waals surface area contributed by atoms with Gasteiger partial charge in [0.15, 0.2) is 0 Å². The van der Waals surface area contributed by atoms with Gasteiger partial charge in [-0.2, -0.15) is 0 Å². The Morgan fingerprint density at radius 2 is 1.85 bits per heavy atom. The molecule has 0 radical (unpaired) electrons. The Balaban J connectivity index is 2.28. The molecule has 9 atom stereocenters. The summed E-state index contributed by atoms with van der Waals surface area (Å²) in [5, 5.41) is 61.5. The van der Waals surface area contributed by atoms with Gasteiger partial charge in [0.2, 0.25) is 0 Å². The van der Waals surface area contributed by atoms with Crippen LogP contribution in [0, 0.1) is 23.2 Å². The number of aliphatic hydroxyl groups excluding tert-OH is 4. The summed E-state index contributed by atoms with van der Waals surface area (Å²) in [7, 11) is 0. The number of rotatable bonds is 10. The smallest absolute Gasteiger partial charge is 0.311 e. The number of ether oxygens (including phenoxy) is 1. The van der Waals surface area contributed by atoms with Crippen molar-refractivity contribution in [2.75, 3.05) is 0 Å². The minimum absolute atomic E-state index is 0.0287. The molecule has 0 aromatic heterocycles. The zero-order valence-electron chi connectivity index (χ0n) is 20.8. The van der Waals surface area contributed by atoms with E-state index in [9.17, 15) is 35.1 Å². The summed E-state index contributed by atoms with van der Waals surface area (Å²) in [6, 6.07) is 0. The van der Waals surface area contributed by atoms with Crippen LogP contribution in [0.3, 0.4) is 0 Å². The van der Waals surface area contributed by atoms with Crippen LogP contribution < -0.4 is 0 Å². The molecular weight excluding hydrogens is 444 g/mol. The summed E-state index contributed by atoms with van der Waals surface area (Å²) in [6.07, 6.45) is -2.77. The summed E-state index contributed by atoms with van der Waals surface area (Å²) >= 11 is 0. The van der Waals surface area contributed by atoms with Crippen molar-refractivity contribution >= 4 is 11.9 Å². The van der Waals surface area contributed by atoms with E-state index in [2.05, 4.69) is 0 Å². The number of carboxylic acids is 1. The fraction of sp³-hybridized carbons (Fsp3) is 0.840. The molecular formula is C25H42O9. The third-order valence-corrected chi connectivity index (χ3v) is 7.83. The van der Waals surface area contributed by atoms with Gasteiger partial charge < -0.3 is 35.4 Å². The van der Waals surface area contributed by atoms with E-state index < -0.39 is 65.8 Å². The van der Waals surface area contributed by atoms with Crippen molar-refractivity contribution in [1.29, 1.82) is 0 Å². The van der Waals surface area contributed by atoms with Gasteiger partial charge in [-0.3, -0.25) is 9.59 Å². The molecule has 0 amide bonds. The van der Waals surface area contributed by atoms with Gasteiger partial charge in [-0.1, -0.05) is 19.9 Å². The Morgan fingerprint density at radius 1 is 1.24 bits per heavy atom. The molecule has 9 heteroatoms. The predicted molar refractivity (Wildman–Crippen MR) is 124 cm³/mol. The fourth-order valence-corrected chi connectivity index (χ4v) is 5.16. The van der Waals surface area contributed by atoms with Crippen LogP contribution in [0.5, 0.6) is 0 Å². The minimum atomic E-state index is -1.55. The molecule has 0 aromatic carbocycles. The Morgan fingerprint density at radius 3 is 2.41 bits per heavy atom. The number of esters is 1. The molecule has 0 aliphatic heterocycles. The second-order valence-electron chi connectivity index (χ2n) is 11.1. The Labute approximate surface area is 201 Å². The van der Waals surface area contributed by atoms with Crippen molar-refractivity contribution in [3.05, 3.63) is 11.6 Å². The largest absolute Gasteiger partial charge is 0.481 e. The number of aliphatic hydroxyl groups is 5. The van der Waals surface area contributed by atoms with Gasteiger partial charge in [0.1, 0.15) is 12.2 Å². The van der Waals surface area contributed by atoms with Crippen molar-refractivity contribution in [2.45, 2.75) is 109 Å². The average molecular weight is 487 g/mol. The topological polar surface area (TPSA) is 165 Å². The lowest BCUT2D eigenvalue weighted by molar-refractivity contribution is -0.179. The number of carboxylic acid groups (broad SMARTS) is 1. The highest BCUT2D eigenvalue weighted by atomic mass is 16.5. The summed E-state index contributed by atoms with van der Waals surface area (Å²) < 4.78 is 5.93. The van der Waals surface area contributed by atoms with Gasteiger partial charge in [-0.05, 0) is 63.9 Å². The van der Waals surface area contributed by atoms with Gasteiger partial charge in [0.25, 0.3) is 0 Å². The molecule has 2 rings (SSSR count). The lowest BCUT2D eigenvalue weighted by atomic mass is 9.60. The van der Waals surface area contributed by atoms with Crippen LogP contribution in [0.4, 0.5) is 0 Å². The van der Waals surface area contributed by atoms with Crippen molar-refractivity contribution in [3.63, 3.8) is 0 Å². The number of fused-ring (bicyclic) bond motifs is 1. The molecule has 1 saturated carbocycles. The standard InChI is InChI=1S/C25H42O9/c1-6-24(3,4)23(32)34-19-12-25(5,33)22(31)17-11-18(28)13(2)16(21(17)19)8-7-14(26)9-15(27)10-20(29)30/h11,13-16,18-19,21-22,26-28,31,33H,6-10,12H2,1-5H3,(H,29,30)/t13-,14-,15-,16+,18?,19+,21-,22-,25+/m1/s1. The van der Waals surface area contributed by atoms with Crippen LogP contribution in [0.15, 0.2) is 11.6 Å². The maximum absolute atomic E-state index is 12.9. The molecule has 34 heavy (non-hydrogen) atoms. The second kappa shape index (κ2) is 11.0. The molecule has 0 aromatic rings. The van der Waals surface area contributed by atoms with Crippen molar-refractivity contribution in [3.8, 4) is 0 Å². The minimum Gasteiger partial charge on any atom is -0.481 e. The van der Waals surface area contributed by atoms with Crippen LogP contribution in [0.25, 0.3) is 0 Å². The van der Waals surface area contributed by atoms with Gasteiger partial charge in [0, 0.05) is 12.3 Å². The van der Waals surface area contributed by atoms with Crippen LogP contribution in [-0.4, -0.2) is 78.7 Å². The van der Waals surface area contributed by atoms with E-state index >= 15 is 0 Å². The highest BCUT2D eigenvalue weighted by molar-refractivity contribution is 5.76. The quantitative estimate of drug-likeness (QED) is 0.198. The first-order valence-electron chi connectivity index (χ1n) is 12.2. The van der Waals surface area contributed by atoms with Gasteiger partial charge in [-0.25, -0.2) is 0 Å². The summed E-state index contributed by atoms with van der Waals surface area (Å²) in [5.41, 5.74) is -1.84. The van der Waals surface area contributed by atoms with E-state index in [-0.39, 0.29) is 31.1 Å². The summed E-state index contributed by atoms with van der Waals surface area (Å²) in [4.78, 5) is 23.7. The highest BCUT2D eigenvalue weighted by Crippen LogP contribution is 2.49. The first-order valence-corrected chi connectivity index (χ1v) is 12.2. The van der Waals surface area contributed by atoms with Crippen molar-refractivity contribution < 1.29 is 45.0 Å². The zero-order valence-corrected chi connectivity index (χ0v) is 20.8.